The van der Waals surface area contributed by atoms with Crippen LogP contribution in [0.3, 0.4) is 0 Å². The third-order valence-electron chi connectivity index (χ3n) is 8.82. The maximum atomic E-state index is 12.4. The van der Waals surface area contributed by atoms with Crippen LogP contribution in [0.5, 0.6) is 11.5 Å². The Kier molecular flexibility index (Phi) is 13.0. The van der Waals surface area contributed by atoms with Gasteiger partial charge >= 0.3 is 6.09 Å². The summed E-state index contributed by atoms with van der Waals surface area (Å²) >= 11 is 1.81. The van der Waals surface area contributed by atoms with Gasteiger partial charge in [0.15, 0.2) is 0 Å². The third-order valence-corrected chi connectivity index (χ3v) is 10.1. The van der Waals surface area contributed by atoms with Crippen molar-refractivity contribution >= 4 is 23.6 Å². The van der Waals surface area contributed by atoms with Crippen molar-refractivity contribution in [2.24, 2.45) is 22.9 Å². The Balaban J connectivity index is 1.95. The second-order valence-corrected chi connectivity index (χ2v) is 13.0. The molecule has 0 aromatic heterocycles. The number of nitrogens with one attached hydrogen (secondary N) is 1. The van der Waals surface area contributed by atoms with E-state index in [1.54, 1.807) is 12.1 Å². The number of oxime groups is 1. The average Bonchev–Trinajstić information content (AvgIpc) is 3.02. The Bertz CT molecular complexity index is 1170. The summed E-state index contributed by atoms with van der Waals surface area (Å²) in [5.74, 6) is 1.26. The number of aliphatic hydroxyl groups is 2. The first-order valence-corrected chi connectivity index (χ1v) is 17.3. The molecule has 0 unspecified atom stereocenters. The molecule has 2 aliphatic carbocycles. The van der Waals surface area contributed by atoms with Crippen LogP contribution in [0, 0.1) is 17.8 Å². The molecule has 3 N–H and O–H groups in total. The summed E-state index contributed by atoms with van der Waals surface area (Å²) in [7, 11) is 0. The molecular weight excluding hydrogens is 580 g/mol. The molecule has 1 heterocycles. The SMILES string of the molecule is C=CCO[C@@]12Oc3ccc(OC(=O)NCC)cc3[C@H]3[C@H](CCCCO)[C@@H](CCCCO)C=C(C(=NOCC)C[C@@H]1SCC)[C@H]32. The molecule has 9 nitrogen and oxygen atoms in total. The first-order valence-electron chi connectivity index (χ1n) is 16.2. The van der Waals surface area contributed by atoms with Gasteiger partial charge in [-0.15, -0.1) is 6.58 Å². The molecule has 4 rings (SSSR count). The minimum absolute atomic E-state index is 0.0359. The normalized spacial score (nSPS) is 27.9. The van der Waals surface area contributed by atoms with Crippen molar-refractivity contribution < 1.29 is 34.1 Å². The van der Waals surface area contributed by atoms with Crippen LogP contribution in [0.25, 0.3) is 0 Å². The van der Waals surface area contributed by atoms with Gasteiger partial charge in [-0.3, -0.25) is 0 Å². The van der Waals surface area contributed by atoms with Gasteiger partial charge in [0.2, 0.25) is 5.79 Å². The Hall–Kier alpha value is -2.53. The number of thioether (sulfide) groups is 1. The van der Waals surface area contributed by atoms with E-state index in [2.05, 4.69) is 30.1 Å². The van der Waals surface area contributed by atoms with E-state index in [9.17, 15) is 15.0 Å². The molecular formula is C34H50N2O7S. The van der Waals surface area contributed by atoms with Crippen LogP contribution in [0.15, 0.2) is 47.7 Å². The number of amides is 1. The number of hydrogen-bond acceptors (Lipinski definition) is 9. The highest BCUT2D eigenvalue weighted by Crippen LogP contribution is 2.62. The summed E-state index contributed by atoms with van der Waals surface area (Å²) in [6, 6.07) is 5.64. The fourth-order valence-electron chi connectivity index (χ4n) is 7.17. The first-order chi connectivity index (χ1) is 21.5. The molecule has 1 aromatic rings. The van der Waals surface area contributed by atoms with E-state index in [1.165, 1.54) is 0 Å². The molecule has 3 aliphatic rings. The zero-order valence-corrected chi connectivity index (χ0v) is 27.3. The number of nitrogens with zero attached hydrogens (tertiary/aromatic N) is 1. The lowest BCUT2D eigenvalue weighted by Gasteiger charge is -2.58. The zero-order valence-electron chi connectivity index (χ0n) is 26.5. The highest BCUT2D eigenvalue weighted by molar-refractivity contribution is 8.00. The molecule has 0 radical (unpaired) electrons. The monoisotopic (exact) mass is 630 g/mol. The Labute approximate surface area is 266 Å². The Morgan fingerprint density at radius 2 is 1.95 bits per heavy atom. The topological polar surface area (TPSA) is 119 Å². The minimum Gasteiger partial charge on any atom is -0.460 e. The van der Waals surface area contributed by atoms with Crippen molar-refractivity contribution in [1.82, 2.24) is 5.32 Å². The van der Waals surface area contributed by atoms with Crippen molar-refractivity contribution in [2.45, 2.75) is 82.7 Å². The van der Waals surface area contributed by atoms with Crippen LogP contribution in [-0.2, 0) is 9.57 Å². The number of unbranched alkanes of at least 4 members (excludes halogenated alkanes) is 2. The molecule has 1 amide bonds. The van der Waals surface area contributed by atoms with Gasteiger partial charge in [-0.25, -0.2) is 4.79 Å². The maximum absolute atomic E-state index is 12.4. The lowest BCUT2D eigenvalue weighted by Crippen LogP contribution is -2.64. The van der Waals surface area contributed by atoms with E-state index in [0.29, 0.717) is 31.9 Å². The largest absolute Gasteiger partial charge is 0.460 e. The molecule has 6 atom stereocenters. The number of carbonyl (C=O) groups is 1. The number of allylic oxidation sites excluding steroid dienone is 1. The Morgan fingerprint density at radius 1 is 1.18 bits per heavy atom. The van der Waals surface area contributed by atoms with Gasteiger partial charge in [0, 0.05) is 37.7 Å². The Morgan fingerprint density at radius 3 is 2.64 bits per heavy atom. The molecule has 1 saturated carbocycles. The predicted molar refractivity (Wildman–Crippen MR) is 174 cm³/mol. The van der Waals surface area contributed by atoms with Crippen LogP contribution >= 0.6 is 11.8 Å². The average molecular weight is 631 g/mol. The second kappa shape index (κ2) is 16.7. The molecule has 0 spiro atoms. The summed E-state index contributed by atoms with van der Waals surface area (Å²) in [6.45, 7) is 11.5. The van der Waals surface area contributed by atoms with Gasteiger partial charge in [-0.05, 0) is 80.9 Å². The van der Waals surface area contributed by atoms with E-state index in [-0.39, 0.29) is 42.1 Å². The fourth-order valence-corrected chi connectivity index (χ4v) is 8.34. The van der Waals surface area contributed by atoms with Crippen molar-refractivity contribution in [3.05, 3.63) is 48.1 Å². The van der Waals surface area contributed by atoms with Gasteiger partial charge in [-0.1, -0.05) is 37.1 Å². The number of aliphatic hydroxyl groups excluding tert-OH is 2. The third kappa shape index (κ3) is 7.46. The lowest BCUT2D eigenvalue weighted by molar-refractivity contribution is -0.223. The summed E-state index contributed by atoms with van der Waals surface area (Å²) in [4.78, 5) is 18.1. The van der Waals surface area contributed by atoms with Gasteiger partial charge in [0.1, 0.15) is 18.1 Å². The second-order valence-electron chi connectivity index (χ2n) is 11.5. The van der Waals surface area contributed by atoms with Crippen LogP contribution in [-0.4, -0.2) is 71.8 Å². The number of carbonyl (C=O) groups excluding carboxylic acids is 1. The zero-order chi connectivity index (χ0) is 31.5. The van der Waals surface area contributed by atoms with Gasteiger partial charge in [0.05, 0.1) is 23.5 Å². The maximum Gasteiger partial charge on any atom is 0.412 e. The summed E-state index contributed by atoms with van der Waals surface area (Å²) in [6.07, 6.45) is 9.33. The van der Waals surface area contributed by atoms with E-state index in [4.69, 9.17) is 19.0 Å². The minimum atomic E-state index is -0.975. The number of fused-ring (bicyclic) bond motifs is 2. The van der Waals surface area contributed by atoms with Gasteiger partial charge in [-0.2, -0.15) is 11.8 Å². The summed E-state index contributed by atoms with van der Waals surface area (Å²) < 4.78 is 19.5. The van der Waals surface area contributed by atoms with Gasteiger partial charge in [0.25, 0.3) is 0 Å². The van der Waals surface area contributed by atoms with E-state index >= 15 is 0 Å². The lowest BCUT2D eigenvalue weighted by atomic mass is 9.56. The highest BCUT2D eigenvalue weighted by atomic mass is 32.2. The van der Waals surface area contributed by atoms with Crippen LogP contribution in [0.1, 0.15) is 77.2 Å². The summed E-state index contributed by atoms with van der Waals surface area (Å²) in [5.41, 5.74) is 3.00. The molecule has 1 aliphatic heterocycles. The number of rotatable bonds is 17. The fraction of sp³-hybridized carbons (Fsp3) is 0.647. The van der Waals surface area contributed by atoms with Gasteiger partial charge < -0.3 is 34.6 Å². The van der Waals surface area contributed by atoms with Crippen LogP contribution < -0.4 is 14.8 Å². The molecule has 0 saturated heterocycles. The van der Waals surface area contributed by atoms with E-state index < -0.39 is 11.9 Å². The highest BCUT2D eigenvalue weighted by Gasteiger charge is 2.63. The van der Waals surface area contributed by atoms with Crippen molar-refractivity contribution in [3.63, 3.8) is 0 Å². The van der Waals surface area contributed by atoms with E-state index in [1.807, 2.05) is 37.7 Å². The molecule has 1 fully saturated rings. The first kappa shape index (κ1) is 34.3. The van der Waals surface area contributed by atoms with Crippen molar-refractivity contribution in [3.8, 4) is 11.5 Å². The van der Waals surface area contributed by atoms with Crippen LogP contribution in [0.2, 0.25) is 0 Å². The predicted octanol–water partition coefficient (Wildman–Crippen LogP) is 6.20. The van der Waals surface area contributed by atoms with Crippen LogP contribution in [0.4, 0.5) is 4.79 Å². The standard InChI is InChI=1S/C34H50N2O7S/c1-5-19-40-34-30(44-8-4)22-28(36-41-7-3)26-20-23(13-9-11-17-37)25(14-10-12-18-38)31(32(26)34)27-21-24(15-16-29(27)43-34)42-33(39)35-6-2/h5,15-16,20-21,23,25,30-32,37-38H,1,6-14,17-19,22H2,2-4H3,(H,35,39)/t23-,25+,30-,31+,32+,34+/m0/s1. The summed E-state index contributed by atoms with van der Waals surface area (Å²) in [5, 5.41) is 26.6. The number of benzene rings is 1. The number of hydrogen-bond donors (Lipinski definition) is 3. The molecule has 0 bridgehead atoms. The smallest absolute Gasteiger partial charge is 0.412 e. The molecule has 10 heteroatoms. The quantitative estimate of drug-likeness (QED) is 0.106. The molecule has 44 heavy (non-hydrogen) atoms. The molecule has 244 valence electrons. The van der Waals surface area contributed by atoms with E-state index in [0.717, 1.165) is 66.9 Å². The number of ether oxygens (including phenoxy) is 3. The molecule has 1 aromatic carbocycles. The van der Waals surface area contributed by atoms with Crippen molar-refractivity contribution in [2.75, 3.05) is 38.7 Å². The van der Waals surface area contributed by atoms with Crippen molar-refractivity contribution in [1.29, 1.82) is 0 Å².